The van der Waals surface area contributed by atoms with E-state index in [1.54, 1.807) is 0 Å². The van der Waals surface area contributed by atoms with Crippen LogP contribution in [0.1, 0.15) is 47.3 Å². The van der Waals surface area contributed by atoms with Crippen molar-refractivity contribution in [1.29, 1.82) is 0 Å². The molecular formula is C26H26N4O5. The number of carbonyl (C=O) groups is 3. The number of fused-ring (bicyclic) bond motifs is 3. The van der Waals surface area contributed by atoms with Gasteiger partial charge < -0.3 is 14.7 Å². The van der Waals surface area contributed by atoms with Gasteiger partial charge in [-0.15, -0.1) is 0 Å². The van der Waals surface area contributed by atoms with Crippen molar-refractivity contribution in [2.75, 3.05) is 18.5 Å². The van der Waals surface area contributed by atoms with Gasteiger partial charge in [-0.25, -0.2) is 9.59 Å². The Morgan fingerprint density at radius 3 is 2.43 bits per heavy atom. The molecule has 0 saturated carbocycles. The van der Waals surface area contributed by atoms with Crippen LogP contribution in [0.4, 0.5) is 10.6 Å². The number of nitrogens with one attached hydrogen (secondary N) is 2. The minimum atomic E-state index is -1.03. The standard InChI is InChI=1S/C26H26N4O5/c1-15-7-6-12-30(23(15)25(32)33)24(31)21-13-22(29-28-21)27-26(34)35-14-20-18-10-4-2-8-16(18)17-9-3-5-11-19(17)20/h2-5,8-11,13,15,20,23H,6-7,12,14H2,1H3,(H,32,33)(H2,27,28,29,34). The van der Waals surface area contributed by atoms with E-state index in [9.17, 15) is 19.5 Å². The molecule has 3 N–H and O–H groups in total. The largest absolute Gasteiger partial charge is 0.480 e. The molecule has 1 aliphatic carbocycles. The number of H-pyrrole nitrogens is 1. The predicted molar refractivity (Wildman–Crippen MR) is 128 cm³/mol. The Morgan fingerprint density at radius 2 is 1.77 bits per heavy atom. The molecule has 0 spiro atoms. The maximum atomic E-state index is 12.9. The third kappa shape index (κ3) is 4.25. The Hall–Kier alpha value is -4.14. The number of aromatic amines is 1. The number of ether oxygens (including phenoxy) is 1. The van der Waals surface area contributed by atoms with E-state index < -0.39 is 24.0 Å². The number of carboxylic acids is 1. The van der Waals surface area contributed by atoms with Gasteiger partial charge in [-0.3, -0.25) is 15.2 Å². The van der Waals surface area contributed by atoms with Gasteiger partial charge in [-0.05, 0) is 41.0 Å². The number of piperidine rings is 1. The van der Waals surface area contributed by atoms with Gasteiger partial charge in [0, 0.05) is 18.5 Å². The van der Waals surface area contributed by atoms with Gasteiger partial charge in [0.15, 0.2) is 5.82 Å². The first kappa shape index (κ1) is 22.6. The molecule has 1 fully saturated rings. The zero-order valence-corrected chi connectivity index (χ0v) is 19.2. The van der Waals surface area contributed by atoms with Crippen LogP contribution in [0.15, 0.2) is 54.6 Å². The monoisotopic (exact) mass is 474 g/mol. The number of benzene rings is 2. The number of rotatable bonds is 5. The summed E-state index contributed by atoms with van der Waals surface area (Å²) in [6, 6.07) is 16.6. The van der Waals surface area contributed by atoms with Crippen molar-refractivity contribution in [2.24, 2.45) is 5.92 Å². The summed E-state index contributed by atoms with van der Waals surface area (Å²) in [6.07, 6.45) is 0.793. The lowest BCUT2D eigenvalue weighted by Gasteiger charge is -2.36. The molecule has 9 nitrogen and oxygen atoms in total. The van der Waals surface area contributed by atoms with Crippen LogP contribution in [0.2, 0.25) is 0 Å². The third-order valence-electron chi connectivity index (χ3n) is 6.83. The summed E-state index contributed by atoms with van der Waals surface area (Å²) in [6.45, 7) is 2.34. The fourth-order valence-corrected chi connectivity index (χ4v) is 5.18. The van der Waals surface area contributed by atoms with Crippen LogP contribution in [0.5, 0.6) is 0 Å². The number of hydrogen-bond acceptors (Lipinski definition) is 5. The second kappa shape index (κ2) is 9.25. The molecule has 2 atom stereocenters. The first-order valence-electron chi connectivity index (χ1n) is 11.6. The molecule has 0 radical (unpaired) electrons. The summed E-state index contributed by atoms with van der Waals surface area (Å²) in [5.74, 6) is -1.58. The average Bonchev–Trinajstić information content (AvgIpc) is 3.44. The molecule has 2 amide bonds. The smallest absolute Gasteiger partial charge is 0.412 e. The van der Waals surface area contributed by atoms with E-state index in [0.717, 1.165) is 35.1 Å². The zero-order chi connectivity index (χ0) is 24.5. The molecule has 2 aromatic carbocycles. The average molecular weight is 475 g/mol. The van der Waals surface area contributed by atoms with Crippen LogP contribution in [0, 0.1) is 5.92 Å². The van der Waals surface area contributed by atoms with Gasteiger partial charge in [-0.2, -0.15) is 5.10 Å². The SMILES string of the molecule is CC1CCCN(C(=O)c2cc(NC(=O)OCC3c4ccccc4-c4ccccc43)n[nH]2)C1C(=O)O. The van der Waals surface area contributed by atoms with Crippen molar-refractivity contribution in [3.63, 3.8) is 0 Å². The van der Waals surface area contributed by atoms with Crippen molar-refractivity contribution in [3.8, 4) is 11.1 Å². The Kier molecular flexibility index (Phi) is 5.98. The molecule has 2 unspecified atom stereocenters. The van der Waals surface area contributed by atoms with Crippen molar-refractivity contribution in [2.45, 2.75) is 31.7 Å². The van der Waals surface area contributed by atoms with Gasteiger partial charge in [0.1, 0.15) is 18.3 Å². The number of carboxylic acid groups (broad SMARTS) is 1. The number of aliphatic carboxylic acids is 1. The van der Waals surface area contributed by atoms with Crippen molar-refractivity contribution >= 4 is 23.8 Å². The van der Waals surface area contributed by atoms with E-state index in [-0.39, 0.29) is 30.0 Å². The number of anilines is 1. The number of hydrogen-bond donors (Lipinski definition) is 3. The fraction of sp³-hybridized carbons (Fsp3) is 0.308. The van der Waals surface area contributed by atoms with E-state index in [1.807, 2.05) is 43.3 Å². The summed E-state index contributed by atoms with van der Waals surface area (Å²) in [5, 5.41) is 18.7. The van der Waals surface area contributed by atoms with Gasteiger partial charge in [0.25, 0.3) is 5.91 Å². The van der Waals surface area contributed by atoms with Crippen molar-refractivity contribution < 1.29 is 24.2 Å². The first-order chi connectivity index (χ1) is 16.9. The van der Waals surface area contributed by atoms with Crippen LogP contribution in [-0.4, -0.2) is 57.4 Å². The number of nitrogens with zero attached hydrogens (tertiary/aromatic N) is 2. The maximum absolute atomic E-state index is 12.9. The number of carbonyl (C=O) groups excluding carboxylic acids is 2. The summed E-state index contributed by atoms with van der Waals surface area (Å²) in [4.78, 5) is 38.5. The van der Waals surface area contributed by atoms with Crippen LogP contribution >= 0.6 is 0 Å². The second-order valence-corrected chi connectivity index (χ2v) is 9.02. The van der Waals surface area contributed by atoms with Crippen LogP contribution in [-0.2, 0) is 9.53 Å². The number of likely N-dealkylation sites (tertiary alicyclic amines) is 1. The Morgan fingerprint density at radius 1 is 1.11 bits per heavy atom. The van der Waals surface area contributed by atoms with E-state index in [1.165, 1.54) is 11.0 Å². The topological polar surface area (TPSA) is 125 Å². The minimum Gasteiger partial charge on any atom is -0.480 e. The minimum absolute atomic E-state index is 0.0708. The van der Waals surface area contributed by atoms with Crippen LogP contribution in [0.25, 0.3) is 11.1 Å². The molecule has 9 heteroatoms. The maximum Gasteiger partial charge on any atom is 0.412 e. The second-order valence-electron chi connectivity index (χ2n) is 9.02. The van der Waals surface area contributed by atoms with E-state index in [2.05, 4.69) is 27.6 Å². The van der Waals surface area contributed by atoms with Gasteiger partial charge >= 0.3 is 12.1 Å². The normalized spacial score (nSPS) is 19.1. The zero-order valence-electron chi connectivity index (χ0n) is 19.2. The highest BCUT2D eigenvalue weighted by atomic mass is 16.5. The predicted octanol–water partition coefficient (Wildman–Crippen LogP) is 4.10. The summed E-state index contributed by atoms with van der Waals surface area (Å²) in [5.41, 5.74) is 4.61. The van der Waals surface area contributed by atoms with Crippen LogP contribution < -0.4 is 5.32 Å². The van der Waals surface area contributed by atoms with Crippen LogP contribution in [0.3, 0.4) is 0 Å². The molecule has 1 saturated heterocycles. The summed E-state index contributed by atoms with van der Waals surface area (Å²) >= 11 is 0. The Labute approximate surface area is 202 Å². The molecule has 1 aromatic heterocycles. The lowest BCUT2D eigenvalue weighted by Crippen LogP contribution is -2.52. The molecule has 0 bridgehead atoms. The Bertz CT molecular complexity index is 1240. The lowest BCUT2D eigenvalue weighted by atomic mass is 9.90. The van der Waals surface area contributed by atoms with Crippen molar-refractivity contribution in [1.82, 2.24) is 15.1 Å². The quantitative estimate of drug-likeness (QED) is 0.511. The highest BCUT2D eigenvalue weighted by molar-refractivity contribution is 5.96. The van der Waals surface area contributed by atoms with E-state index in [0.29, 0.717) is 6.54 Å². The lowest BCUT2D eigenvalue weighted by molar-refractivity contribution is -0.145. The van der Waals surface area contributed by atoms with Gasteiger partial charge in [0.05, 0.1) is 0 Å². The molecular weight excluding hydrogens is 448 g/mol. The van der Waals surface area contributed by atoms with E-state index >= 15 is 0 Å². The molecule has 2 heterocycles. The number of amides is 2. The molecule has 180 valence electrons. The fourth-order valence-electron chi connectivity index (χ4n) is 5.18. The summed E-state index contributed by atoms with van der Waals surface area (Å²) in [7, 11) is 0. The molecule has 1 aliphatic heterocycles. The molecule has 3 aromatic rings. The highest BCUT2D eigenvalue weighted by Crippen LogP contribution is 2.44. The molecule has 35 heavy (non-hydrogen) atoms. The van der Waals surface area contributed by atoms with Gasteiger partial charge in [-0.1, -0.05) is 55.5 Å². The summed E-state index contributed by atoms with van der Waals surface area (Å²) < 4.78 is 5.52. The van der Waals surface area contributed by atoms with Crippen molar-refractivity contribution in [3.05, 3.63) is 71.4 Å². The van der Waals surface area contributed by atoms with Gasteiger partial charge in [0.2, 0.25) is 0 Å². The number of aromatic nitrogens is 2. The molecule has 2 aliphatic rings. The van der Waals surface area contributed by atoms with E-state index in [4.69, 9.17) is 4.74 Å². The molecule has 5 rings (SSSR count). The highest BCUT2D eigenvalue weighted by Gasteiger charge is 2.38. The first-order valence-corrected chi connectivity index (χ1v) is 11.6. The third-order valence-corrected chi connectivity index (χ3v) is 6.83. The Balaban J connectivity index is 1.23.